The van der Waals surface area contributed by atoms with Crippen LogP contribution in [0.3, 0.4) is 0 Å². The topological polar surface area (TPSA) is 38.0 Å². The first kappa shape index (κ1) is 13.0. The Morgan fingerprint density at radius 2 is 1.78 bits per heavy atom. The third-order valence-corrected chi connectivity index (χ3v) is 2.99. The van der Waals surface area contributed by atoms with E-state index in [0.717, 1.165) is 16.7 Å². The van der Waals surface area contributed by atoms with Gasteiger partial charge in [-0.25, -0.2) is 9.82 Å². The van der Waals surface area contributed by atoms with Crippen LogP contribution >= 0.6 is 11.6 Å². The second kappa shape index (κ2) is 5.48. The van der Waals surface area contributed by atoms with E-state index in [1.54, 1.807) is 12.1 Å². The summed E-state index contributed by atoms with van der Waals surface area (Å²) in [5.41, 5.74) is 5.63. The lowest BCUT2D eigenvalue weighted by molar-refractivity contribution is 0.615. The third-order valence-electron chi connectivity index (χ3n) is 2.77. The van der Waals surface area contributed by atoms with Crippen molar-refractivity contribution in [2.45, 2.75) is 13.0 Å². The molecule has 0 bridgehead atoms. The van der Waals surface area contributed by atoms with Crippen molar-refractivity contribution >= 4 is 11.6 Å². The minimum Gasteiger partial charge on any atom is -0.271 e. The van der Waals surface area contributed by atoms with E-state index in [2.05, 4.69) is 5.43 Å². The molecule has 1 unspecified atom stereocenters. The zero-order chi connectivity index (χ0) is 13.1. The SMILES string of the molecule is Cc1cc(Cl)cc(C(NN)c2ccc(F)cc2)c1. The molecular weight excluding hydrogens is 251 g/mol. The minimum absolute atomic E-state index is 0.206. The molecule has 0 aliphatic carbocycles. The monoisotopic (exact) mass is 264 g/mol. The molecule has 2 rings (SSSR count). The second-order valence-electron chi connectivity index (χ2n) is 4.21. The van der Waals surface area contributed by atoms with Gasteiger partial charge in [-0.15, -0.1) is 0 Å². The van der Waals surface area contributed by atoms with Crippen LogP contribution in [0.4, 0.5) is 4.39 Å². The van der Waals surface area contributed by atoms with E-state index in [1.165, 1.54) is 12.1 Å². The summed E-state index contributed by atoms with van der Waals surface area (Å²) in [6, 6.07) is 11.8. The van der Waals surface area contributed by atoms with Gasteiger partial charge in [-0.1, -0.05) is 29.8 Å². The van der Waals surface area contributed by atoms with E-state index in [4.69, 9.17) is 17.4 Å². The summed E-state index contributed by atoms with van der Waals surface area (Å²) in [5.74, 6) is 5.32. The molecule has 0 aliphatic heterocycles. The lowest BCUT2D eigenvalue weighted by Gasteiger charge is -2.17. The summed E-state index contributed by atoms with van der Waals surface area (Å²) in [6.07, 6.45) is 0. The molecule has 0 amide bonds. The number of halogens is 2. The molecule has 4 heteroatoms. The van der Waals surface area contributed by atoms with Crippen LogP contribution < -0.4 is 11.3 Å². The predicted octanol–water partition coefficient (Wildman–Crippen LogP) is 3.34. The number of benzene rings is 2. The average Bonchev–Trinajstić information content (AvgIpc) is 2.31. The van der Waals surface area contributed by atoms with Crippen molar-refractivity contribution in [2.24, 2.45) is 5.84 Å². The molecule has 18 heavy (non-hydrogen) atoms. The van der Waals surface area contributed by atoms with E-state index >= 15 is 0 Å². The van der Waals surface area contributed by atoms with Gasteiger partial charge in [0.15, 0.2) is 0 Å². The maximum absolute atomic E-state index is 12.9. The van der Waals surface area contributed by atoms with Crippen LogP contribution in [-0.2, 0) is 0 Å². The van der Waals surface area contributed by atoms with Gasteiger partial charge in [-0.2, -0.15) is 0 Å². The molecule has 3 N–H and O–H groups in total. The number of nitrogens with one attached hydrogen (secondary N) is 1. The summed E-state index contributed by atoms with van der Waals surface area (Å²) in [7, 11) is 0. The highest BCUT2D eigenvalue weighted by Crippen LogP contribution is 2.25. The van der Waals surface area contributed by atoms with Crippen LogP contribution in [-0.4, -0.2) is 0 Å². The van der Waals surface area contributed by atoms with Crippen molar-refractivity contribution in [3.8, 4) is 0 Å². The molecule has 0 aliphatic rings. The zero-order valence-electron chi connectivity index (χ0n) is 9.95. The highest BCUT2D eigenvalue weighted by atomic mass is 35.5. The van der Waals surface area contributed by atoms with Crippen LogP contribution in [0.2, 0.25) is 5.02 Å². The number of hydrogen-bond donors (Lipinski definition) is 2. The summed E-state index contributed by atoms with van der Waals surface area (Å²) >= 11 is 6.04. The van der Waals surface area contributed by atoms with Gasteiger partial charge in [0.05, 0.1) is 6.04 Å². The molecule has 0 saturated carbocycles. The number of nitrogens with two attached hydrogens (primary N) is 1. The molecule has 2 nitrogen and oxygen atoms in total. The molecule has 1 atom stereocenters. The first-order valence-electron chi connectivity index (χ1n) is 5.59. The molecule has 2 aromatic rings. The molecule has 0 fully saturated rings. The minimum atomic E-state index is -0.267. The lowest BCUT2D eigenvalue weighted by Crippen LogP contribution is -2.28. The molecular formula is C14H14ClFN2. The molecule has 0 heterocycles. The van der Waals surface area contributed by atoms with Gasteiger partial charge in [0, 0.05) is 5.02 Å². The number of hydrazine groups is 1. The third kappa shape index (κ3) is 2.88. The van der Waals surface area contributed by atoms with Gasteiger partial charge >= 0.3 is 0 Å². The normalized spacial score (nSPS) is 12.4. The Morgan fingerprint density at radius 3 is 2.33 bits per heavy atom. The molecule has 94 valence electrons. The van der Waals surface area contributed by atoms with E-state index < -0.39 is 0 Å². The predicted molar refractivity (Wildman–Crippen MR) is 71.8 cm³/mol. The van der Waals surface area contributed by atoms with Gasteiger partial charge in [-0.3, -0.25) is 5.84 Å². The lowest BCUT2D eigenvalue weighted by atomic mass is 9.98. The van der Waals surface area contributed by atoms with E-state index in [1.807, 2.05) is 25.1 Å². The van der Waals surface area contributed by atoms with E-state index in [0.29, 0.717) is 5.02 Å². The Balaban J connectivity index is 2.41. The summed E-state index contributed by atoms with van der Waals surface area (Å²) in [5, 5.41) is 0.660. The number of rotatable bonds is 3. The Bertz CT molecular complexity index is 520. The fraction of sp³-hybridized carbons (Fsp3) is 0.143. The number of aryl methyl sites for hydroxylation is 1. The van der Waals surface area contributed by atoms with Crippen molar-refractivity contribution in [1.82, 2.24) is 5.43 Å². The maximum atomic E-state index is 12.9. The largest absolute Gasteiger partial charge is 0.271 e. The Labute approximate surface area is 111 Å². The quantitative estimate of drug-likeness (QED) is 0.659. The molecule has 2 aromatic carbocycles. The van der Waals surface area contributed by atoms with Crippen molar-refractivity contribution in [3.05, 3.63) is 70.0 Å². The summed E-state index contributed by atoms with van der Waals surface area (Å²) in [6.45, 7) is 1.97. The van der Waals surface area contributed by atoms with E-state index in [9.17, 15) is 4.39 Å². The van der Waals surface area contributed by atoms with Gasteiger partial charge in [0.2, 0.25) is 0 Å². The summed E-state index contributed by atoms with van der Waals surface area (Å²) in [4.78, 5) is 0. The first-order valence-corrected chi connectivity index (χ1v) is 5.96. The standard InChI is InChI=1S/C14H14ClFN2/c1-9-6-11(8-12(15)7-9)14(18-17)10-2-4-13(16)5-3-10/h2-8,14,18H,17H2,1H3. The first-order chi connectivity index (χ1) is 8.60. The van der Waals surface area contributed by atoms with Gasteiger partial charge < -0.3 is 0 Å². The highest BCUT2D eigenvalue weighted by molar-refractivity contribution is 6.30. The van der Waals surface area contributed by atoms with Crippen LogP contribution in [0.15, 0.2) is 42.5 Å². The fourth-order valence-corrected chi connectivity index (χ4v) is 2.27. The van der Waals surface area contributed by atoms with Gasteiger partial charge in [-0.05, 0) is 47.9 Å². The van der Waals surface area contributed by atoms with Crippen LogP contribution in [0.5, 0.6) is 0 Å². The van der Waals surface area contributed by atoms with Crippen molar-refractivity contribution < 1.29 is 4.39 Å². The van der Waals surface area contributed by atoms with Crippen molar-refractivity contribution in [2.75, 3.05) is 0 Å². The number of hydrogen-bond acceptors (Lipinski definition) is 2. The van der Waals surface area contributed by atoms with Crippen molar-refractivity contribution in [1.29, 1.82) is 0 Å². The smallest absolute Gasteiger partial charge is 0.123 e. The summed E-state index contributed by atoms with van der Waals surface area (Å²) < 4.78 is 12.9. The average molecular weight is 265 g/mol. The Morgan fingerprint density at radius 1 is 1.11 bits per heavy atom. The maximum Gasteiger partial charge on any atom is 0.123 e. The molecule has 0 spiro atoms. The second-order valence-corrected chi connectivity index (χ2v) is 4.65. The van der Waals surface area contributed by atoms with Crippen LogP contribution in [0.1, 0.15) is 22.7 Å². The molecule has 0 radical (unpaired) electrons. The Hall–Kier alpha value is -1.42. The van der Waals surface area contributed by atoms with Crippen LogP contribution in [0.25, 0.3) is 0 Å². The van der Waals surface area contributed by atoms with Crippen LogP contribution in [0, 0.1) is 12.7 Å². The molecule has 0 saturated heterocycles. The Kier molecular flexibility index (Phi) is 3.97. The highest BCUT2D eigenvalue weighted by Gasteiger charge is 2.13. The van der Waals surface area contributed by atoms with E-state index in [-0.39, 0.29) is 11.9 Å². The van der Waals surface area contributed by atoms with Gasteiger partial charge in [0.1, 0.15) is 5.82 Å². The van der Waals surface area contributed by atoms with Gasteiger partial charge in [0.25, 0.3) is 0 Å². The molecule has 0 aromatic heterocycles. The fourth-order valence-electron chi connectivity index (χ4n) is 1.97. The zero-order valence-corrected chi connectivity index (χ0v) is 10.7. The van der Waals surface area contributed by atoms with Crippen molar-refractivity contribution in [3.63, 3.8) is 0 Å².